The van der Waals surface area contributed by atoms with Gasteiger partial charge < -0.3 is 15.7 Å². The zero-order valence-corrected chi connectivity index (χ0v) is 15.8. The van der Waals surface area contributed by atoms with Crippen LogP contribution in [0.4, 0.5) is 10.5 Å². The number of aromatic hydroxyl groups is 1. The molecule has 4 nitrogen and oxygen atoms in total. The maximum absolute atomic E-state index is 12.0. The zero-order valence-electron chi connectivity index (χ0n) is 12.6. The van der Waals surface area contributed by atoms with Gasteiger partial charge >= 0.3 is 6.03 Å². The molecule has 122 valence electrons. The zero-order chi connectivity index (χ0) is 16.8. The molecule has 1 atom stereocenters. The average Bonchev–Trinajstić information content (AvgIpc) is 2.49. The highest BCUT2D eigenvalue weighted by atomic mass is 79.9. The molecule has 0 spiro atoms. The summed E-state index contributed by atoms with van der Waals surface area (Å²) in [6.45, 7) is 1.97. The third-order valence-electron chi connectivity index (χ3n) is 3.36. The normalized spacial score (nSPS) is 11.8. The lowest BCUT2D eigenvalue weighted by Crippen LogP contribution is -2.36. The molecule has 1 unspecified atom stereocenters. The Hall–Kier alpha value is -1.53. The van der Waals surface area contributed by atoms with Crippen LogP contribution in [0.1, 0.15) is 18.9 Å². The molecule has 3 N–H and O–H groups in total. The third-order valence-corrected chi connectivity index (χ3v) is 4.51. The number of aryl methyl sites for hydroxylation is 1. The summed E-state index contributed by atoms with van der Waals surface area (Å²) >= 11 is 6.79. The first-order valence-electron chi connectivity index (χ1n) is 7.24. The van der Waals surface area contributed by atoms with Gasteiger partial charge in [-0.2, -0.15) is 0 Å². The van der Waals surface area contributed by atoms with E-state index in [0.29, 0.717) is 0 Å². The molecule has 0 aliphatic carbocycles. The van der Waals surface area contributed by atoms with Gasteiger partial charge in [0.1, 0.15) is 5.75 Å². The number of carbonyl (C=O) groups is 1. The number of halogens is 2. The van der Waals surface area contributed by atoms with Gasteiger partial charge in [0, 0.05) is 15.0 Å². The van der Waals surface area contributed by atoms with E-state index in [1.54, 1.807) is 12.1 Å². The van der Waals surface area contributed by atoms with Gasteiger partial charge in [-0.1, -0.05) is 28.1 Å². The highest BCUT2D eigenvalue weighted by Crippen LogP contribution is 2.26. The van der Waals surface area contributed by atoms with Crippen molar-refractivity contribution in [2.24, 2.45) is 0 Å². The summed E-state index contributed by atoms with van der Waals surface area (Å²) in [4.78, 5) is 12.0. The SMILES string of the molecule is CC(CCc1ccc(O)cc1)NC(=O)Nc1ccc(Br)cc1Br. The molecule has 2 aromatic carbocycles. The van der Waals surface area contributed by atoms with Gasteiger partial charge in [-0.05, 0) is 71.6 Å². The second kappa shape index (κ2) is 8.36. The molecule has 0 fully saturated rings. The standard InChI is InChI=1S/C17H18Br2N2O2/c1-11(2-3-12-4-7-14(22)8-5-12)20-17(23)21-16-9-6-13(18)10-15(16)19/h4-11,22H,2-3H2,1H3,(H2,20,21,23). The highest BCUT2D eigenvalue weighted by Gasteiger charge is 2.09. The Balaban J connectivity index is 1.81. The van der Waals surface area contributed by atoms with Gasteiger partial charge in [-0.25, -0.2) is 4.79 Å². The predicted molar refractivity (Wildman–Crippen MR) is 99.9 cm³/mol. The van der Waals surface area contributed by atoms with Crippen LogP contribution in [0, 0.1) is 0 Å². The quantitative estimate of drug-likeness (QED) is 0.607. The summed E-state index contributed by atoms with van der Waals surface area (Å²) in [7, 11) is 0. The van der Waals surface area contributed by atoms with Crippen molar-refractivity contribution in [3.8, 4) is 5.75 Å². The van der Waals surface area contributed by atoms with Crippen molar-refractivity contribution < 1.29 is 9.90 Å². The van der Waals surface area contributed by atoms with Crippen molar-refractivity contribution in [2.75, 3.05) is 5.32 Å². The van der Waals surface area contributed by atoms with Gasteiger partial charge in [-0.15, -0.1) is 0 Å². The molecule has 0 aromatic heterocycles. The number of nitrogens with one attached hydrogen (secondary N) is 2. The number of hydrogen-bond acceptors (Lipinski definition) is 2. The molecule has 23 heavy (non-hydrogen) atoms. The Labute approximate surface area is 152 Å². The van der Waals surface area contributed by atoms with Crippen LogP contribution in [0.25, 0.3) is 0 Å². The van der Waals surface area contributed by atoms with Crippen molar-refractivity contribution in [3.05, 3.63) is 57.0 Å². The van der Waals surface area contributed by atoms with Crippen LogP contribution in [-0.2, 0) is 6.42 Å². The van der Waals surface area contributed by atoms with Gasteiger partial charge in [0.15, 0.2) is 0 Å². The van der Waals surface area contributed by atoms with E-state index >= 15 is 0 Å². The van der Waals surface area contributed by atoms with E-state index in [9.17, 15) is 9.90 Å². The Morgan fingerprint density at radius 2 is 1.87 bits per heavy atom. The largest absolute Gasteiger partial charge is 0.508 e. The Morgan fingerprint density at radius 3 is 2.52 bits per heavy atom. The lowest BCUT2D eigenvalue weighted by molar-refractivity contribution is 0.248. The first kappa shape index (κ1) is 17.8. The summed E-state index contributed by atoms with van der Waals surface area (Å²) in [6, 6.07) is 12.5. The van der Waals surface area contributed by atoms with E-state index in [4.69, 9.17) is 0 Å². The number of rotatable bonds is 5. The van der Waals surface area contributed by atoms with Crippen LogP contribution >= 0.6 is 31.9 Å². The van der Waals surface area contributed by atoms with Crippen LogP contribution in [0.2, 0.25) is 0 Å². The minimum absolute atomic E-state index is 0.0398. The molecular weight excluding hydrogens is 424 g/mol. The average molecular weight is 442 g/mol. The molecule has 0 heterocycles. The van der Waals surface area contributed by atoms with Gasteiger partial charge in [0.25, 0.3) is 0 Å². The monoisotopic (exact) mass is 440 g/mol. The Kier molecular flexibility index (Phi) is 6.47. The minimum Gasteiger partial charge on any atom is -0.508 e. The van der Waals surface area contributed by atoms with E-state index in [1.165, 1.54) is 0 Å². The number of benzene rings is 2. The lowest BCUT2D eigenvalue weighted by atomic mass is 10.1. The first-order valence-corrected chi connectivity index (χ1v) is 8.83. The maximum atomic E-state index is 12.0. The van der Waals surface area contributed by atoms with E-state index < -0.39 is 0 Å². The van der Waals surface area contributed by atoms with Gasteiger partial charge in [-0.3, -0.25) is 0 Å². The maximum Gasteiger partial charge on any atom is 0.319 e. The van der Waals surface area contributed by atoms with Crippen LogP contribution in [0.15, 0.2) is 51.4 Å². The molecule has 0 aliphatic rings. The van der Waals surface area contributed by atoms with Crippen molar-refractivity contribution in [2.45, 2.75) is 25.8 Å². The topological polar surface area (TPSA) is 61.4 Å². The fraction of sp³-hybridized carbons (Fsp3) is 0.235. The molecule has 0 bridgehead atoms. The lowest BCUT2D eigenvalue weighted by Gasteiger charge is -2.15. The van der Waals surface area contributed by atoms with Crippen molar-refractivity contribution in [3.63, 3.8) is 0 Å². The number of anilines is 1. The second-order valence-electron chi connectivity index (χ2n) is 5.33. The fourth-order valence-corrected chi connectivity index (χ4v) is 3.24. The Bertz CT molecular complexity index is 675. The predicted octanol–water partition coefficient (Wildman–Crippen LogP) is 5.06. The molecule has 0 saturated carbocycles. The van der Waals surface area contributed by atoms with E-state index in [2.05, 4.69) is 42.5 Å². The van der Waals surface area contributed by atoms with Gasteiger partial charge in [0.05, 0.1) is 5.69 Å². The number of hydrogen-bond donors (Lipinski definition) is 3. The van der Waals surface area contributed by atoms with E-state index in [-0.39, 0.29) is 17.8 Å². The summed E-state index contributed by atoms with van der Waals surface area (Å²) in [6.07, 6.45) is 1.66. The van der Waals surface area contributed by atoms with Crippen molar-refractivity contribution in [1.82, 2.24) is 5.32 Å². The minimum atomic E-state index is -0.230. The Morgan fingerprint density at radius 1 is 1.17 bits per heavy atom. The molecule has 0 saturated heterocycles. The number of phenolic OH excluding ortho intramolecular Hbond substituents is 1. The van der Waals surface area contributed by atoms with E-state index in [1.807, 2.05) is 37.3 Å². The van der Waals surface area contributed by atoms with Gasteiger partial charge in [0.2, 0.25) is 0 Å². The molecule has 0 radical (unpaired) electrons. The molecule has 2 aromatic rings. The molecule has 2 rings (SSSR count). The number of urea groups is 1. The third kappa shape index (κ3) is 5.88. The summed E-state index contributed by atoms with van der Waals surface area (Å²) < 4.78 is 1.76. The smallest absolute Gasteiger partial charge is 0.319 e. The highest BCUT2D eigenvalue weighted by molar-refractivity contribution is 9.11. The van der Waals surface area contributed by atoms with Crippen LogP contribution in [0.3, 0.4) is 0 Å². The molecule has 2 amide bonds. The van der Waals surface area contributed by atoms with Crippen molar-refractivity contribution >= 4 is 43.6 Å². The van der Waals surface area contributed by atoms with Crippen LogP contribution < -0.4 is 10.6 Å². The van der Waals surface area contributed by atoms with Crippen LogP contribution in [0.5, 0.6) is 5.75 Å². The second-order valence-corrected chi connectivity index (χ2v) is 7.10. The molecule has 0 aliphatic heterocycles. The summed E-state index contributed by atoms with van der Waals surface area (Å²) in [5, 5.41) is 15.0. The van der Waals surface area contributed by atoms with Crippen LogP contribution in [-0.4, -0.2) is 17.2 Å². The summed E-state index contributed by atoms with van der Waals surface area (Å²) in [5.41, 5.74) is 1.85. The molecule has 6 heteroatoms. The number of amides is 2. The first-order chi connectivity index (χ1) is 10.9. The fourth-order valence-electron chi connectivity index (χ4n) is 2.09. The summed E-state index contributed by atoms with van der Waals surface area (Å²) in [5.74, 6) is 0.263. The number of carbonyl (C=O) groups excluding carboxylic acids is 1. The number of phenols is 1. The van der Waals surface area contributed by atoms with Crippen molar-refractivity contribution in [1.29, 1.82) is 0 Å². The van der Waals surface area contributed by atoms with E-state index in [0.717, 1.165) is 33.0 Å². The molecular formula is C17H18Br2N2O2.